The van der Waals surface area contributed by atoms with Gasteiger partial charge in [0.15, 0.2) is 0 Å². The van der Waals surface area contributed by atoms with Gasteiger partial charge in [0.2, 0.25) is 0 Å². The van der Waals surface area contributed by atoms with Crippen molar-refractivity contribution in [2.45, 2.75) is 70.8 Å². The molecule has 3 nitrogen and oxygen atoms in total. The highest BCUT2D eigenvalue weighted by molar-refractivity contribution is 6.77. The summed E-state index contributed by atoms with van der Waals surface area (Å²) in [6, 6.07) is 6.03. The van der Waals surface area contributed by atoms with E-state index < -0.39 is 8.07 Å². The van der Waals surface area contributed by atoms with Crippen LogP contribution in [0, 0.1) is 0 Å². The number of hydrogen-bond donors (Lipinski definition) is 0. The van der Waals surface area contributed by atoms with Gasteiger partial charge in [-0.2, -0.15) is 0 Å². The van der Waals surface area contributed by atoms with Crippen molar-refractivity contribution in [3.05, 3.63) is 30.1 Å². The summed E-state index contributed by atoms with van der Waals surface area (Å²) in [4.78, 5) is 16.1. The predicted molar refractivity (Wildman–Crippen MR) is 89.9 cm³/mol. The molecule has 4 heteroatoms. The number of pyridine rings is 1. The molecule has 0 bridgehead atoms. The lowest BCUT2D eigenvalue weighted by Gasteiger charge is -2.24. The smallest absolute Gasteiger partial charge is 0.305 e. The SMILES string of the molecule is CC(OC(=O)CCCCCCc1ccccn1)[Si](C)(C)C. The number of esters is 1. The maximum atomic E-state index is 11.7. The Labute approximate surface area is 130 Å². The van der Waals surface area contributed by atoms with Crippen molar-refractivity contribution in [2.75, 3.05) is 0 Å². The molecule has 1 aromatic rings. The Bertz CT molecular complexity index is 415. The number of carbonyl (C=O) groups excluding carboxylic acids is 1. The summed E-state index contributed by atoms with van der Waals surface area (Å²) < 4.78 is 5.50. The molecule has 0 saturated heterocycles. The molecule has 0 aliphatic rings. The molecule has 1 atom stereocenters. The summed E-state index contributed by atoms with van der Waals surface area (Å²) in [5.41, 5.74) is 1.26. The number of carbonyl (C=O) groups is 1. The first-order valence-electron chi connectivity index (χ1n) is 7.99. The molecule has 0 radical (unpaired) electrons. The Morgan fingerprint density at radius 3 is 2.52 bits per heavy atom. The molecule has 1 unspecified atom stereocenters. The Balaban J connectivity index is 2.05. The fourth-order valence-corrected chi connectivity index (χ4v) is 2.39. The minimum atomic E-state index is -1.37. The Hall–Kier alpha value is -1.16. The number of rotatable bonds is 9. The van der Waals surface area contributed by atoms with Crippen molar-refractivity contribution in [3.8, 4) is 0 Å². The molecule has 0 aliphatic carbocycles. The van der Waals surface area contributed by atoms with E-state index in [0.717, 1.165) is 37.8 Å². The van der Waals surface area contributed by atoms with E-state index in [1.165, 1.54) is 0 Å². The Kier molecular flexibility index (Phi) is 7.65. The summed E-state index contributed by atoms with van der Waals surface area (Å²) >= 11 is 0. The Morgan fingerprint density at radius 1 is 1.19 bits per heavy atom. The largest absolute Gasteiger partial charge is 0.467 e. The van der Waals surface area contributed by atoms with Gasteiger partial charge in [-0.15, -0.1) is 0 Å². The molecule has 0 amide bonds. The molecule has 1 aromatic heterocycles. The predicted octanol–water partition coefficient (Wildman–Crippen LogP) is 4.38. The second-order valence-corrected chi connectivity index (χ2v) is 12.3. The molecular weight excluding hydrogens is 278 g/mol. The molecule has 0 aromatic carbocycles. The zero-order chi connectivity index (χ0) is 15.7. The van der Waals surface area contributed by atoms with Crippen LogP contribution in [0.3, 0.4) is 0 Å². The molecule has 0 fully saturated rings. The first kappa shape index (κ1) is 17.9. The van der Waals surface area contributed by atoms with Gasteiger partial charge < -0.3 is 4.74 Å². The van der Waals surface area contributed by atoms with Gasteiger partial charge in [-0.3, -0.25) is 9.78 Å². The van der Waals surface area contributed by atoms with Crippen LogP contribution < -0.4 is 0 Å². The maximum absolute atomic E-state index is 11.7. The Morgan fingerprint density at radius 2 is 1.90 bits per heavy atom. The van der Waals surface area contributed by atoms with Gasteiger partial charge in [-0.25, -0.2) is 0 Å². The third kappa shape index (κ3) is 8.00. The summed E-state index contributed by atoms with van der Waals surface area (Å²) in [6.45, 7) is 8.70. The van der Waals surface area contributed by atoms with Gasteiger partial charge >= 0.3 is 5.97 Å². The molecule has 0 aliphatic heterocycles. The summed E-state index contributed by atoms with van der Waals surface area (Å²) in [7, 11) is -1.37. The van der Waals surface area contributed by atoms with Crippen LogP contribution in [-0.2, 0) is 16.0 Å². The van der Waals surface area contributed by atoms with E-state index in [-0.39, 0.29) is 11.7 Å². The number of ether oxygens (including phenoxy) is 1. The monoisotopic (exact) mass is 307 g/mol. The normalized spacial score (nSPS) is 13.0. The van der Waals surface area contributed by atoms with Crippen LogP contribution in [0.2, 0.25) is 19.6 Å². The third-order valence-corrected chi connectivity index (χ3v) is 6.37. The van der Waals surface area contributed by atoms with Crippen LogP contribution in [0.5, 0.6) is 0 Å². The second kappa shape index (κ2) is 8.98. The van der Waals surface area contributed by atoms with Crippen molar-refractivity contribution >= 4 is 14.0 Å². The quantitative estimate of drug-likeness (QED) is 0.386. The van der Waals surface area contributed by atoms with E-state index in [2.05, 4.69) is 30.7 Å². The molecule has 1 rings (SSSR count). The maximum Gasteiger partial charge on any atom is 0.305 e. The van der Waals surface area contributed by atoms with Crippen molar-refractivity contribution in [2.24, 2.45) is 0 Å². The topological polar surface area (TPSA) is 39.2 Å². The lowest BCUT2D eigenvalue weighted by atomic mass is 10.1. The lowest BCUT2D eigenvalue weighted by Crippen LogP contribution is -2.39. The van der Waals surface area contributed by atoms with E-state index in [0.29, 0.717) is 6.42 Å². The molecule has 0 spiro atoms. The van der Waals surface area contributed by atoms with Gasteiger partial charge in [0.1, 0.15) is 0 Å². The molecule has 1 heterocycles. The van der Waals surface area contributed by atoms with Gasteiger partial charge in [-0.1, -0.05) is 38.5 Å². The third-order valence-electron chi connectivity index (χ3n) is 3.82. The summed E-state index contributed by atoms with van der Waals surface area (Å²) in [6.07, 6.45) is 7.72. The fraction of sp³-hybridized carbons (Fsp3) is 0.647. The van der Waals surface area contributed by atoms with Crippen molar-refractivity contribution in [1.82, 2.24) is 4.98 Å². The number of nitrogens with zero attached hydrogens (tertiary/aromatic N) is 1. The standard InChI is InChI=1S/C17H29NO2Si/c1-15(21(2,3)4)20-17(19)13-8-6-5-7-11-16-12-9-10-14-18-16/h9-10,12,14-15H,5-8,11,13H2,1-4H3. The number of hydrogen-bond acceptors (Lipinski definition) is 3. The number of aromatic nitrogens is 1. The zero-order valence-electron chi connectivity index (χ0n) is 13.9. The van der Waals surface area contributed by atoms with Crippen molar-refractivity contribution in [1.29, 1.82) is 0 Å². The summed E-state index contributed by atoms with van der Waals surface area (Å²) in [5.74, 6) is -0.0327. The highest BCUT2D eigenvalue weighted by atomic mass is 28.3. The van der Waals surface area contributed by atoms with Gasteiger partial charge in [0.25, 0.3) is 0 Å². The average molecular weight is 308 g/mol. The van der Waals surface area contributed by atoms with E-state index in [9.17, 15) is 4.79 Å². The minimum absolute atomic E-state index is 0.0327. The van der Waals surface area contributed by atoms with Crippen LogP contribution in [-0.4, -0.2) is 24.8 Å². The number of aryl methyl sites for hydroxylation is 1. The van der Waals surface area contributed by atoms with Crippen LogP contribution in [0.1, 0.15) is 44.7 Å². The van der Waals surface area contributed by atoms with Crippen LogP contribution in [0.15, 0.2) is 24.4 Å². The highest BCUT2D eigenvalue weighted by Crippen LogP contribution is 2.13. The minimum Gasteiger partial charge on any atom is -0.467 e. The second-order valence-electron chi connectivity index (χ2n) is 6.73. The zero-order valence-corrected chi connectivity index (χ0v) is 14.9. The number of unbranched alkanes of at least 4 members (excludes halogenated alkanes) is 3. The highest BCUT2D eigenvalue weighted by Gasteiger charge is 2.25. The molecule has 21 heavy (non-hydrogen) atoms. The van der Waals surface area contributed by atoms with E-state index in [1.54, 1.807) is 0 Å². The van der Waals surface area contributed by atoms with E-state index in [4.69, 9.17) is 4.74 Å². The van der Waals surface area contributed by atoms with Gasteiger partial charge in [0, 0.05) is 18.3 Å². The molecule has 0 saturated carbocycles. The van der Waals surface area contributed by atoms with Crippen molar-refractivity contribution in [3.63, 3.8) is 0 Å². The molecule has 0 N–H and O–H groups in total. The average Bonchev–Trinajstić information content (AvgIpc) is 2.42. The van der Waals surface area contributed by atoms with E-state index in [1.807, 2.05) is 25.3 Å². The first-order valence-corrected chi connectivity index (χ1v) is 11.6. The van der Waals surface area contributed by atoms with Gasteiger partial charge in [0.05, 0.1) is 13.8 Å². The fourth-order valence-electron chi connectivity index (χ4n) is 1.91. The van der Waals surface area contributed by atoms with Crippen molar-refractivity contribution < 1.29 is 9.53 Å². The van der Waals surface area contributed by atoms with Crippen LogP contribution >= 0.6 is 0 Å². The van der Waals surface area contributed by atoms with Crippen LogP contribution in [0.25, 0.3) is 0 Å². The van der Waals surface area contributed by atoms with Crippen LogP contribution in [0.4, 0.5) is 0 Å². The first-order chi connectivity index (χ1) is 9.89. The molecule has 118 valence electrons. The van der Waals surface area contributed by atoms with Gasteiger partial charge in [-0.05, 0) is 38.3 Å². The summed E-state index contributed by atoms with van der Waals surface area (Å²) in [5, 5.41) is 0. The molecular formula is C17H29NO2Si. The lowest BCUT2D eigenvalue weighted by molar-refractivity contribution is -0.145. The van der Waals surface area contributed by atoms with E-state index >= 15 is 0 Å².